The molecule has 1 N–H and O–H groups in total. The fourth-order valence-electron chi connectivity index (χ4n) is 1.67. The number of hydrogen-bond donors (Lipinski definition) is 1. The van der Waals surface area contributed by atoms with E-state index in [0.29, 0.717) is 25.8 Å². The monoisotopic (exact) mass is 181 g/mol. The minimum Gasteiger partial charge on any atom is -0.391 e. The SMILES string of the molecule is C#CCCC(=O)N1CC(O)CC1C. The van der Waals surface area contributed by atoms with Crippen molar-refractivity contribution in [2.75, 3.05) is 6.54 Å². The lowest BCUT2D eigenvalue weighted by atomic mass is 10.2. The maximum absolute atomic E-state index is 11.5. The number of amides is 1. The molecule has 1 aliphatic rings. The van der Waals surface area contributed by atoms with Gasteiger partial charge in [0.05, 0.1) is 6.10 Å². The number of terminal acetylenes is 1. The molecule has 0 aliphatic carbocycles. The molecule has 0 spiro atoms. The van der Waals surface area contributed by atoms with Crippen LogP contribution in [0, 0.1) is 12.3 Å². The van der Waals surface area contributed by atoms with Gasteiger partial charge in [-0.1, -0.05) is 0 Å². The zero-order chi connectivity index (χ0) is 9.84. The normalized spacial score (nSPS) is 27.3. The molecule has 0 aromatic heterocycles. The molecule has 1 aliphatic heterocycles. The Hall–Kier alpha value is -1.01. The molecule has 13 heavy (non-hydrogen) atoms. The maximum Gasteiger partial charge on any atom is 0.223 e. The lowest BCUT2D eigenvalue weighted by Gasteiger charge is -2.20. The summed E-state index contributed by atoms with van der Waals surface area (Å²) in [5, 5.41) is 9.31. The van der Waals surface area contributed by atoms with E-state index in [1.807, 2.05) is 6.92 Å². The number of rotatable bonds is 2. The van der Waals surface area contributed by atoms with Crippen molar-refractivity contribution in [3.05, 3.63) is 0 Å². The molecule has 1 fully saturated rings. The van der Waals surface area contributed by atoms with Gasteiger partial charge in [-0.05, 0) is 13.3 Å². The Morgan fingerprint density at radius 2 is 2.46 bits per heavy atom. The molecule has 72 valence electrons. The van der Waals surface area contributed by atoms with Gasteiger partial charge in [-0.2, -0.15) is 0 Å². The van der Waals surface area contributed by atoms with Crippen LogP contribution in [0.4, 0.5) is 0 Å². The summed E-state index contributed by atoms with van der Waals surface area (Å²) in [4.78, 5) is 13.2. The molecule has 2 unspecified atom stereocenters. The summed E-state index contributed by atoms with van der Waals surface area (Å²) < 4.78 is 0. The Morgan fingerprint density at radius 1 is 1.77 bits per heavy atom. The van der Waals surface area contributed by atoms with E-state index in [1.54, 1.807) is 4.90 Å². The second kappa shape index (κ2) is 4.29. The van der Waals surface area contributed by atoms with Gasteiger partial charge in [0, 0.05) is 25.4 Å². The number of β-amino-alcohol motifs (C(OH)–C–C–N with tert-alkyl or cyclic N) is 1. The van der Waals surface area contributed by atoms with Crippen LogP contribution in [-0.2, 0) is 4.79 Å². The van der Waals surface area contributed by atoms with Gasteiger partial charge in [0.25, 0.3) is 0 Å². The lowest BCUT2D eigenvalue weighted by molar-refractivity contribution is -0.131. The fourth-order valence-corrected chi connectivity index (χ4v) is 1.67. The van der Waals surface area contributed by atoms with Crippen LogP contribution < -0.4 is 0 Å². The Bertz CT molecular complexity index is 232. The minimum absolute atomic E-state index is 0.0574. The van der Waals surface area contributed by atoms with E-state index in [9.17, 15) is 9.90 Å². The number of likely N-dealkylation sites (tertiary alicyclic amines) is 1. The van der Waals surface area contributed by atoms with Crippen LogP contribution >= 0.6 is 0 Å². The maximum atomic E-state index is 11.5. The van der Waals surface area contributed by atoms with Crippen molar-refractivity contribution in [3.63, 3.8) is 0 Å². The van der Waals surface area contributed by atoms with E-state index in [2.05, 4.69) is 5.92 Å². The zero-order valence-electron chi connectivity index (χ0n) is 7.86. The van der Waals surface area contributed by atoms with Gasteiger partial charge in [-0.3, -0.25) is 4.79 Å². The van der Waals surface area contributed by atoms with Gasteiger partial charge < -0.3 is 10.0 Å². The first-order chi connectivity index (χ1) is 6.15. The zero-order valence-corrected chi connectivity index (χ0v) is 7.86. The molecular formula is C10H15NO2. The van der Waals surface area contributed by atoms with Crippen molar-refractivity contribution >= 4 is 5.91 Å². The molecule has 0 bridgehead atoms. The van der Waals surface area contributed by atoms with E-state index in [1.165, 1.54) is 0 Å². The van der Waals surface area contributed by atoms with Crippen molar-refractivity contribution < 1.29 is 9.90 Å². The van der Waals surface area contributed by atoms with Crippen molar-refractivity contribution in [1.29, 1.82) is 0 Å². The molecule has 1 saturated heterocycles. The number of carbonyl (C=O) groups is 1. The van der Waals surface area contributed by atoms with Gasteiger partial charge in [0.15, 0.2) is 0 Å². The summed E-state index contributed by atoms with van der Waals surface area (Å²) >= 11 is 0. The molecule has 3 nitrogen and oxygen atoms in total. The number of aliphatic hydroxyl groups is 1. The predicted octanol–water partition coefficient (Wildman–Crippen LogP) is 0.382. The first-order valence-corrected chi connectivity index (χ1v) is 4.56. The van der Waals surface area contributed by atoms with Crippen LogP contribution in [0.25, 0.3) is 0 Å². The molecule has 1 amide bonds. The van der Waals surface area contributed by atoms with Crippen LogP contribution in [0.3, 0.4) is 0 Å². The van der Waals surface area contributed by atoms with E-state index in [4.69, 9.17) is 6.42 Å². The highest BCUT2D eigenvalue weighted by atomic mass is 16.3. The molecule has 1 heterocycles. The summed E-state index contributed by atoms with van der Waals surface area (Å²) in [6.07, 6.45) is 6.27. The van der Waals surface area contributed by atoms with Crippen LogP contribution in [-0.4, -0.2) is 34.6 Å². The van der Waals surface area contributed by atoms with Crippen LogP contribution in [0.2, 0.25) is 0 Å². The van der Waals surface area contributed by atoms with Crippen LogP contribution in [0.1, 0.15) is 26.2 Å². The molecule has 0 aromatic rings. The molecule has 2 atom stereocenters. The van der Waals surface area contributed by atoms with Gasteiger partial charge in [-0.25, -0.2) is 0 Å². The molecular weight excluding hydrogens is 166 g/mol. The Labute approximate surface area is 78.7 Å². The summed E-state index contributed by atoms with van der Waals surface area (Å²) in [5.74, 6) is 2.50. The third-order valence-electron chi connectivity index (χ3n) is 2.36. The number of carbonyl (C=O) groups excluding carboxylic acids is 1. The quantitative estimate of drug-likeness (QED) is 0.626. The summed E-state index contributed by atoms with van der Waals surface area (Å²) in [7, 11) is 0. The molecule has 0 saturated carbocycles. The van der Waals surface area contributed by atoms with E-state index >= 15 is 0 Å². The largest absolute Gasteiger partial charge is 0.391 e. The smallest absolute Gasteiger partial charge is 0.223 e. The Kier molecular flexibility index (Phi) is 3.32. The standard InChI is InChI=1S/C10H15NO2/c1-3-4-5-10(13)11-7-9(12)6-8(11)2/h1,8-9,12H,4-7H2,2H3. The highest BCUT2D eigenvalue weighted by molar-refractivity contribution is 5.77. The summed E-state index contributed by atoms with van der Waals surface area (Å²) in [5.41, 5.74) is 0. The average Bonchev–Trinajstić information content (AvgIpc) is 2.41. The van der Waals surface area contributed by atoms with Crippen LogP contribution in [0.15, 0.2) is 0 Å². The first-order valence-electron chi connectivity index (χ1n) is 4.56. The second-order valence-corrected chi connectivity index (χ2v) is 3.49. The Balaban J connectivity index is 2.43. The molecule has 0 radical (unpaired) electrons. The van der Waals surface area contributed by atoms with E-state index in [0.717, 1.165) is 0 Å². The van der Waals surface area contributed by atoms with Gasteiger partial charge in [0.1, 0.15) is 0 Å². The van der Waals surface area contributed by atoms with Crippen molar-refractivity contribution in [2.45, 2.75) is 38.3 Å². The highest BCUT2D eigenvalue weighted by Crippen LogP contribution is 2.18. The number of hydrogen-bond acceptors (Lipinski definition) is 2. The third kappa shape index (κ3) is 2.46. The first kappa shape index (κ1) is 10.1. The predicted molar refractivity (Wildman–Crippen MR) is 49.9 cm³/mol. The van der Waals surface area contributed by atoms with Gasteiger partial charge >= 0.3 is 0 Å². The van der Waals surface area contributed by atoms with E-state index < -0.39 is 0 Å². The Morgan fingerprint density at radius 3 is 2.92 bits per heavy atom. The molecule has 0 aromatic carbocycles. The molecule has 3 heteroatoms. The summed E-state index contributed by atoms with van der Waals surface area (Å²) in [6, 6.07) is 0.153. The number of nitrogens with zero attached hydrogens (tertiary/aromatic N) is 1. The van der Waals surface area contributed by atoms with Crippen molar-refractivity contribution in [2.24, 2.45) is 0 Å². The lowest BCUT2D eigenvalue weighted by Crippen LogP contribution is -2.34. The van der Waals surface area contributed by atoms with Gasteiger partial charge in [0.2, 0.25) is 5.91 Å². The van der Waals surface area contributed by atoms with E-state index in [-0.39, 0.29) is 18.1 Å². The minimum atomic E-state index is -0.357. The highest BCUT2D eigenvalue weighted by Gasteiger charge is 2.30. The average molecular weight is 181 g/mol. The topological polar surface area (TPSA) is 40.5 Å². The van der Waals surface area contributed by atoms with Crippen LogP contribution in [0.5, 0.6) is 0 Å². The second-order valence-electron chi connectivity index (χ2n) is 3.49. The van der Waals surface area contributed by atoms with Gasteiger partial charge in [-0.15, -0.1) is 12.3 Å². The van der Waals surface area contributed by atoms with Crippen molar-refractivity contribution in [1.82, 2.24) is 4.90 Å². The third-order valence-corrected chi connectivity index (χ3v) is 2.36. The number of aliphatic hydroxyl groups excluding tert-OH is 1. The van der Waals surface area contributed by atoms with Crippen molar-refractivity contribution in [3.8, 4) is 12.3 Å². The fraction of sp³-hybridized carbons (Fsp3) is 0.700. The summed E-state index contributed by atoms with van der Waals surface area (Å²) in [6.45, 7) is 2.41. The molecule has 1 rings (SSSR count).